The molecule has 7 nitrogen and oxygen atoms in total. The first-order valence-corrected chi connectivity index (χ1v) is 10.2. The van der Waals surface area contributed by atoms with Crippen molar-refractivity contribution >= 4 is 39.2 Å². The lowest BCUT2D eigenvalue weighted by atomic mass is 10.4. The monoisotopic (exact) mass is 400 g/mol. The molecule has 1 N–H and O–H groups in total. The Morgan fingerprint density at radius 2 is 1.96 bits per heavy atom. The molecule has 2 aromatic heterocycles. The molecule has 0 bridgehead atoms. The molecule has 138 valence electrons. The summed E-state index contributed by atoms with van der Waals surface area (Å²) in [6.07, 6.45) is 4.42. The van der Waals surface area contributed by atoms with Crippen molar-refractivity contribution in [3.63, 3.8) is 0 Å². The summed E-state index contributed by atoms with van der Waals surface area (Å²) in [7, 11) is -3.93. The van der Waals surface area contributed by atoms with Gasteiger partial charge in [-0.1, -0.05) is 24.3 Å². The number of aromatic nitrogens is 1. The fourth-order valence-electron chi connectivity index (χ4n) is 2.23. The van der Waals surface area contributed by atoms with E-state index in [1.807, 2.05) is 17.5 Å². The summed E-state index contributed by atoms with van der Waals surface area (Å²) < 4.78 is 27.0. The Morgan fingerprint density at radius 3 is 2.63 bits per heavy atom. The normalized spacial score (nSPS) is 11.4. The number of rotatable bonds is 7. The van der Waals surface area contributed by atoms with Crippen LogP contribution in [0.15, 0.2) is 82.4 Å². The van der Waals surface area contributed by atoms with Gasteiger partial charge in [-0.15, -0.1) is 11.3 Å². The zero-order valence-corrected chi connectivity index (χ0v) is 15.7. The van der Waals surface area contributed by atoms with Crippen LogP contribution in [0.3, 0.4) is 0 Å². The Labute approximate surface area is 161 Å². The van der Waals surface area contributed by atoms with Crippen LogP contribution < -0.4 is 9.73 Å². The predicted molar refractivity (Wildman–Crippen MR) is 105 cm³/mol. The third-order valence-electron chi connectivity index (χ3n) is 3.48. The first-order chi connectivity index (χ1) is 13.1. The van der Waals surface area contributed by atoms with Crippen LogP contribution in [-0.2, 0) is 14.8 Å². The highest BCUT2D eigenvalue weighted by atomic mass is 32.2. The van der Waals surface area contributed by atoms with Crippen LogP contribution in [-0.4, -0.2) is 32.1 Å². The van der Waals surface area contributed by atoms with Gasteiger partial charge in [-0.05, 0) is 35.7 Å². The van der Waals surface area contributed by atoms with E-state index in [-0.39, 0.29) is 4.90 Å². The standard InChI is InChI=1S/C18H16N4O3S2/c23-18(21-20-13-16-7-5-11-26-16)14-22(15-6-4-10-19-12-15)27(24,25)17-8-2-1-3-9-17/h1-13H,14H2,(H,21,23)/b20-13-. The minimum Gasteiger partial charge on any atom is -0.271 e. The summed E-state index contributed by atoms with van der Waals surface area (Å²) >= 11 is 1.47. The number of amides is 1. The molecule has 3 aromatic rings. The number of sulfonamides is 1. The lowest BCUT2D eigenvalue weighted by molar-refractivity contribution is -0.119. The quantitative estimate of drug-likeness (QED) is 0.487. The van der Waals surface area contributed by atoms with E-state index in [0.717, 1.165) is 9.18 Å². The highest BCUT2D eigenvalue weighted by molar-refractivity contribution is 7.92. The molecular weight excluding hydrogens is 384 g/mol. The van der Waals surface area contributed by atoms with Crippen molar-refractivity contribution in [2.45, 2.75) is 4.90 Å². The molecule has 0 radical (unpaired) electrons. The van der Waals surface area contributed by atoms with E-state index in [0.29, 0.717) is 5.69 Å². The highest BCUT2D eigenvalue weighted by Gasteiger charge is 2.27. The third kappa shape index (κ3) is 4.78. The number of carbonyl (C=O) groups excluding carboxylic acids is 1. The SMILES string of the molecule is O=C(CN(c1cccnc1)S(=O)(=O)c1ccccc1)N/N=C\c1cccs1. The molecule has 0 aliphatic heterocycles. The summed E-state index contributed by atoms with van der Waals surface area (Å²) in [6, 6.07) is 14.8. The average Bonchev–Trinajstić information content (AvgIpc) is 3.21. The lowest BCUT2D eigenvalue weighted by Gasteiger charge is -2.23. The van der Waals surface area contributed by atoms with Gasteiger partial charge in [0.05, 0.1) is 23.0 Å². The summed E-state index contributed by atoms with van der Waals surface area (Å²) in [5.74, 6) is -0.564. The second kappa shape index (κ2) is 8.56. The fourth-order valence-corrected chi connectivity index (χ4v) is 4.25. The van der Waals surface area contributed by atoms with Crippen LogP contribution in [0, 0.1) is 0 Å². The minimum atomic E-state index is -3.93. The van der Waals surface area contributed by atoms with Crippen molar-refractivity contribution in [2.24, 2.45) is 5.10 Å². The Bertz CT molecular complexity index is 1010. The van der Waals surface area contributed by atoms with Gasteiger partial charge in [0.25, 0.3) is 15.9 Å². The van der Waals surface area contributed by atoms with Crippen molar-refractivity contribution < 1.29 is 13.2 Å². The summed E-state index contributed by atoms with van der Waals surface area (Å²) in [5.41, 5.74) is 2.65. The molecule has 0 fully saturated rings. The molecule has 0 aliphatic rings. The van der Waals surface area contributed by atoms with Crippen molar-refractivity contribution in [3.05, 3.63) is 77.2 Å². The Kier molecular flexibility index (Phi) is 5.94. The number of nitrogens with zero attached hydrogens (tertiary/aromatic N) is 3. The third-order valence-corrected chi connectivity index (χ3v) is 6.07. The molecule has 27 heavy (non-hydrogen) atoms. The smallest absolute Gasteiger partial charge is 0.264 e. The molecule has 9 heteroatoms. The van der Waals surface area contributed by atoms with E-state index in [2.05, 4.69) is 15.5 Å². The van der Waals surface area contributed by atoms with Gasteiger partial charge in [0.15, 0.2) is 0 Å². The van der Waals surface area contributed by atoms with E-state index in [1.54, 1.807) is 30.3 Å². The molecular formula is C18H16N4O3S2. The summed E-state index contributed by atoms with van der Waals surface area (Å²) in [5, 5.41) is 5.75. The van der Waals surface area contributed by atoms with Gasteiger partial charge < -0.3 is 0 Å². The number of thiophene rings is 1. The van der Waals surface area contributed by atoms with E-state index in [1.165, 1.54) is 42.1 Å². The number of anilines is 1. The van der Waals surface area contributed by atoms with Crippen molar-refractivity contribution in [3.8, 4) is 0 Å². The zero-order valence-electron chi connectivity index (χ0n) is 14.1. The molecule has 2 heterocycles. The van der Waals surface area contributed by atoms with Gasteiger partial charge in [0.1, 0.15) is 6.54 Å². The molecule has 0 aliphatic carbocycles. The molecule has 0 atom stereocenters. The van der Waals surface area contributed by atoms with Crippen LogP contribution in [0.4, 0.5) is 5.69 Å². The van der Waals surface area contributed by atoms with Gasteiger partial charge in [-0.2, -0.15) is 5.10 Å². The molecule has 0 spiro atoms. The van der Waals surface area contributed by atoms with E-state index in [4.69, 9.17) is 0 Å². The van der Waals surface area contributed by atoms with Crippen LogP contribution in [0.2, 0.25) is 0 Å². The van der Waals surface area contributed by atoms with Gasteiger partial charge in [0.2, 0.25) is 0 Å². The van der Waals surface area contributed by atoms with Crippen LogP contribution in [0.25, 0.3) is 0 Å². The van der Waals surface area contributed by atoms with Crippen molar-refractivity contribution in [1.82, 2.24) is 10.4 Å². The van der Waals surface area contributed by atoms with E-state index in [9.17, 15) is 13.2 Å². The van der Waals surface area contributed by atoms with Crippen LogP contribution >= 0.6 is 11.3 Å². The molecule has 0 unspecified atom stereocenters. The number of nitrogens with one attached hydrogen (secondary N) is 1. The van der Waals surface area contributed by atoms with Crippen LogP contribution in [0.1, 0.15) is 4.88 Å². The molecule has 0 saturated heterocycles. The summed E-state index contributed by atoms with van der Waals surface area (Å²) in [4.78, 5) is 17.2. The second-order valence-corrected chi connectivity index (χ2v) is 8.19. The molecule has 1 amide bonds. The average molecular weight is 400 g/mol. The maximum absolute atomic E-state index is 13.0. The highest BCUT2D eigenvalue weighted by Crippen LogP contribution is 2.22. The topological polar surface area (TPSA) is 91.7 Å². The number of hydrogen-bond donors (Lipinski definition) is 1. The number of hydrazone groups is 1. The zero-order chi connectivity index (χ0) is 19.1. The molecule has 3 rings (SSSR count). The van der Waals surface area contributed by atoms with Gasteiger partial charge in [-0.3, -0.25) is 14.1 Å². The number of carbonyl (C=O) groups is 1. The van der Waals surface area contributed by atoms with Gasteiger partial charge in [-0.25, -0.2) is 13.8 Å². The molecule has 1 aromatic carbocycles. The number of pyridine rings is 1. The first kappa shape index (κ1) is 18.7. The maximum Gasteiger partial charge on any atom is 0.264 e. The Hall–Kier alpha value is -3.04. The Morgan fingerprint density at radius 1 is 1.15 bits per heavy atom. The first-order valence-electron chi connectivity index (χ1n) is 7.90. The maximum atomic E-state index is 13.0. The fraction of sp³-hybridized carbons (Fsp3) is 0.0556. The van der Waals surface area contributed by atoms with Crippen molar-refractivity contribution in [2.75, 3.05) is 10.8 Å². The van der Waals surface area contributed by atoms with Crippen molar-refractivity contribution in [1.29, 1.82) is 0 Å². The van der Waals surface area contributed by atoms with E-state index >= 15 is 0 Å². The van der Waals surface area contributed by atoms with Gasteiger partial charge in [0, 0.05) is 11.1 Å². The Balaban J connectivity index is 1.82. The molecule has 0 saturated carbocycles. The van der Waals surface area contributed by atoms with E-state index < -0.39 is 22.5 Å². The second-order valence-electron chi connectivity index (χ2n) is 5.34. The minimum absolute atomic E-state index is 0.0868. The number of benzene rings is 1. The summed E-state index contributed by atoms with van der Waals surface area (Å²) in [6.45, 7) is -0.426. The van der Waals surface area contributed by atoms with Crippen LogP contribution in [0.5, 0.6) is 0 Å². The lowest BCUT2D eigenvalue weighted by Crippen LogP contribution is -2.39. The predicted octanol–water partition coefficient (Wildman–Crippen LogP) is 2.49. The number of hydrogen-bond acceptors (Lipinski definition) is 6. The largest absolute Gasteiger partial charge is 0.271 e. The van der Waals surface area contributed by atoms with Gasteiger partial charge >= 0.3 is 0 Å².